The zero-order chi connectivity index (χ0) is 18.7. The monoisotopic (exact) mass is 365 g/mol. The van der Waals surface area contributed by atoms with Crippen LogP contribution in [0.4, 0.5) is 0 Å². The summed E-state index contributed by atoms with van der Waals surface area (Å²) in [5.74, 6) is 0.830. The number of nitrogens with zero attached hydrogens (tertiary/aromatic N) is 3. The number of aliphatic imine (C=N–C) groups is 1. The molecule has 2 heterocycles. The van der Waals surface area contributed by atoms with E-state index < -0.39 is 0 Å². The number of rotatable bonds is 7. The van der Waals surface area contributed by atoms with Crippen LogP contribution in [-0.4, -0.2) is 35.5 Å². The Morgan fingerprint density at radius 2 is 1.78 bits per heavy atom. The van der Waals surface area contributed by atoms with E-state index in [-0.39, 0.29) is 0 Å². The third-order valence-electron chi connectivity index (χ3n) is 4.88. The van der Waals surface area contributed by atoms with Gasteiger partial charge in [0, 0.05) is 19.3 Å². The topological polar surface area (TPSA) is 52.6 Å². The van der Waals surface area contributed by atoms with Gasteiger partial charge in [-0.05, 0) is 56.1 Å². The molecule has 3 rings (SSSR count). The van der Waals surface area contributed by atoms with Crippen molar-refractivity contribution in [2.75, 3.05) is 19.6 Å². The maximum Gasteiger partial charge on any atom is 0.191 e. The number of likely N-dealkylation sites (tertiary alicyclic amines) is 1. The minimum Gasteiger partial charge on any atom is -0.357 e. The van der Waals surface area contributed by atoms with Crippen molar-refractivity contribution in [3.05, 3.63) is 65.5 Å². The van der Waals surface area contributed by atoms with Crippen molar-refractivity contribution in [1.29, 1.82) is 0 Å². The standard InChI is InChI=1S/C22H31N5/c1-2-23-22(26-17-21-12-6-7-13-24-21)25-16-19-10-4-5-11-20(19)18-27-14-8-3-9-15-27/h4-7,10-13H,2-3,8-9,14-18H2,1H3,(H2,23,25,26). The van der Waals surface area contributed by atoms with Gasteiger partial charge in [0.2, 0.25) is 0 Å². The molecule has 0 radical (unpaired) electrons. The lowest BCUT2D eigenvalue weighted by molar-refractivity contribution is 0.220. The van der Waals surface area contributed by atoms with Crippen LogP contribution in [0.3, 0.4) is 0 Å². The van der Waals surface area contributed by atoms with E-state index in [9.17, 15) is 0 Å². The van der Waals surface area contributed by atoms with E-state index in [4.69, 9.17) is 4.99 Å². The maximum absolute atomic E-state index is 4.80. The highest BCUT2D eigenvalue weighted by Gasteiger charge is 2.12. The van der Waals surface area contributed by atoms with E-state index in [0.717, 1.165) is 24.7 Å². The average molecular weight is 366 g/mol. The van der Waals surface area contributed by atoms with E-state index in [1.54, 1.807) is 0 Å². The summed E-state index contributed by atoms with van der Waals surface area (Å²) in [6, 6.07) is 14.6. The van der Waals surface area contributed by atoms with Gasteiger partial charge in [0.25, 0.3) is 0 Å². The largest absolute Gasteiger partial charge is 0.357 e. The zero-order valence-corrected chi connectivity index (χ0v) is 16.3. The molecule has 0 saturated carbocycles. The first kappa shape index (κ1) is 19.4. The molecule has 144 valence electrons. The third-order valence-corrected chi connectivity index (χ3v) is 4.88. The number of nitrogens with one attached hydrogen (secondary N) is 2. The zero-order valence-electron chi connectivity index (χ0n) is 16.3. The molecule has 1 aromatic heterocycles. The summed E-state index contributed by atoms with van der Waals surface area (Å²) in [4.78, 5) is 11.7. The van der Waals surface area contributed by atoms with Gasteiger partial charge < -0.3 is 10.6 Å². The molecular formula is C22H31N5. The Bertz CT molecular complexity index is 708. The minimum absolute atomic E-state index is 0.669. The van der Waals surface area contributed by atoms with Gasteiger partial charge in [0.1, 0.15) is 0 Å². The van der Waals surface area contributed by atoms with Gasteiger partial charge >= 0.3 is 0 Å². The highest BCUT2D eigenvalue weighted by Crippen LogP contribution is 2.16. The van der Waals surface area contributed by atoms with Crippen molar-refractivity contribution < 1.29 is 0 Å². The molecule has 27 heavy (non-hydrogen) atoms. The molecule has 0 aliphatic carbocycles. The number of hydrogen-bond donors (Lipinski definition) is 2. The molecule has 0 bridgehead atoms. The molecule has 2 N–H and O–H groups in total. The Hall–Kier alpha value is -2.40. The molecule has 5 heteroatoms. The Kier molecular flexibility index (Phi) is 7.66. The second kappa shape index (κ2) is 10.7. The van der Waals surface area contributed by atoms with Crippen molar-refractivity contribution in [2.45, 2.75) is 45.8 Å². The van der Waals surface area contributed by atoms with Crippen molar-refractivity contribution in [1.82, 2.24) is 20.5 Å². The summed E-state index contributed by atoms with van der Waals surface area (Å²) in [5.41, 5.74) is 3.70. The van der Waals surface area contributed by atoms with Gasteiger partial charge in [0.05, 0.1) is 18.8 Å². The predicted octanol–water partition coefficient (Wildman–Crippen LogP) is 3.32. The fraction of sp³-hybridized carbons (Fsp3) is 0.455. The number of guanidine groups is 1. The summed E-state index contributed by atoms with van der Waals surface area (Å²) in [7, 11) is 0. The summed E-state index contributed by atoms with van der Waals surface area (Å²) in [6.45, 7) is 7.73. The van der Waals surface area contributed by atoms with Crippen LogP contribution in [0.25, 0.3) is 0 Å². The average Bonchev–Trinajstić information content (AvgIpc) is 2.72. The molecule has 1 fully saturated rings. The Morgan fingerprint density at radius 3 is 2.52 bits per heavy atom. The number of piperidine rings is 1. The van der Waals surface area contributed by atoms with Crippen LogP contribution in [-0.2, 0) is 19.6 Å². The first-order valence-corrected chi connectivity index (χ1v) is 10.1. The second-order valence-corrected chi connectivity index (χ2v) is 6.98. The lowest BCUT2D eigenvalue weighted by Gasteiger charge is -2.27. The van der Waals surface area contributed by atoms with Gasteiger partial charge in [-0.2, -0.15) is 0 Å². The van der Waals surface area contributed by atoms with Crippen LogP contribution in [0.2, 0.25) is 0 Å². The van der Waals surface area contributed by atoms with Crippen LogP contribution in [0.1, 0.15) is 43.0 Å². The molecule has 0 amide bonds. The van der Waals surface area contributed by atoms with Gasteiger partial charge in [-0.15, -0.1) is 0 Å². The highest BCUT2D eigenvalue weighted by molar-refractivity contribution is 5.79. The number of hydrogen-bond acceptors (Lipinski definition) is 3. The van der Waals surface area contributed by atoms with Crippen molar-refractivity contribution in [3.8, 4) is 0 Å². The van der Waals surface area contributed by atoms with Crippen molar-refractivity contribution in [2.24, 2.45) is 4.99 Å². The molecule has 0 atom stereocenters. The second-order valence-electron chi connectivity index (χ2n) is 6.98. The molecule has 1 aliphatic heterocycles. The predicted molar refractivity (Wildman–Crippen MR) is 111 cm³/mol. The van der Waals surface area contributed by atoms with Crippen LogP contribution in [0.5, 0.6) is 0 Å². The molecule has 1 saturated heterocycles. The Morgan fingerprint density at radius 1 is 1.00 bits per heavy atom. The van der Waals surface area contributed by atoms with Crippen LogP contribution < -0.4 is 10.6 Å². The molecule has 1 aliphatic rings. The van der Waals surface area contributed by atoms with Gasteiger partial charge in [0.15, 0.2) is 5.96 Å². The summed E-state index contributed by atoms with van der Waals surface area (Å²) in [6.07, 6.45) is 5.83. The van der Waals surface area contributed by atoms with Crippen LogP contribution in [0, 0.1) is 0 Å². The fourth-order valence-corrected chi connectivity index (χ4v) is 3.41. The van der Waals surface area contributed by atoms with Crippen LogP contribution >= 0.6 is 0 Å². The molecule has 5 nitrogen and oxygen atoms in total. The molecular weight excluding hydrogens is 334 g/mol. The Balaban J connectivity index is 1.62. The minimum atomic E-state index is 0.669. The van der Waals surface area contributed by atoms with E-state index in [1.807, 2.05) is 24.4 Å². The summed E-state index contributed by atoms with van der Waals surface area (Å²) in [5, 5.41) is 6.70. The number of aromatic nitrogens is 1. The molecule has 0 unspecified atom stereocenters. The smallest absolute Gasteiger partial charge is 0.191 e. The highest BCUT2D eigenvalue weighted by atomic mass is 15.2. The van der Waals surface area contributed by atoms with E-state index in [0.29, 0.717) is 13.1 Å². The number of pyridine rings is 1. The van der Waals surface area contributed by atoms with E-state index >= 15 is 0 Å². The molecule has 2 aromatic rings. The third kappa shape index (κ3) is 6.36. The summed E-state index contributed by atoms with van der Waals surface area (Å²) < 4.78 is 0. The van der Waals surface area contributed by atoms with Crippen molar-refractivity contribution in [3.63, 3.8) is 0 Å². The fourth-order valence-electron chi connectivity index (χ4n) is 3.41. The SMILES string of the molecule is CCNC(=NCc1ccccc1CN1CCCCC1)NCc1ccccn1. The van der Waals surface area contributed by atoms with E-state index in [2.05, 4.69) is 51.7 Å². The maximum atomic E-state index is 4.80. The molecule has 0 spiro atoms. The lowest BCUT2D eigenvalue weighted by atomic mass is 10.1. The van der Waals surface area contributed by atoms with Crippen LogP contribution in [0.15, 0.2) is 53.7 Å². The van der Waals surface area contributed by atoms with Gasteiger partial charge in [-0.1, -0.05) is 36.8 Å². The van der Waals surface area contributed by atoms with Gasteiger partial charge in [-0.25, -0.2) is 4.99 Å². The quantitative estimate of drug-likeness (QED) is 0.584. The number of benzene rings is 1. The lowest BCUT2D eigenvalue weighted by Crippen LogP contribution is -2.37. The van der Waals surface area contributed by atoms with E-state index in [1.165, 1.54) is 43.5 Å². The van der Waals surface area contributed by atoms with Gasteiger partial charge in [-0.3, -0.25) is 9.88 Å². The Labute approximate surface area is 162 Å². The first-order chi connectivity index (χ1) is 13.3. The summed E-state index contributed by atoms with van der Waals surface area (Å²) >= 11 is 0. The normalized spacial score (nSPS) is 15.5. The first-order valence-electron chi connectivity index (χ1n) is 10.1. The molecule has 1 aromatic carbocycles. The van der Waals surface area contributed by atoms with Crippen molar-refractivity contribution >= 4 is 5.96 Å².